The fraction of sp³-hybridized carbons (Fsp3) is 0.800. The molecule has 0 fully saturated rings. The van der Waals surface area contributed by atoms with Crippen molar-refractivity contribution in [3.63, 3.8) is 0 Å². The van der Waals surface area contributed by atoms with Crippen LogP contribution in [0.15, 0.2) is 0 Å². The topological polar surface area (TPSA) is 56.1 Å². The predicted molar refractivity (Wildman–Crippen MR) is 55.8 cm³/mol. The van der Waals surface area contributed by atoms with Gasteiger partial charge in [-0.3, -0.25) is 0 Å². The lowest BCUT2D eigenvalue weighted by atomic mass is 10.2. The molecule has 0 aromatic carbocycles. The highest BCUT2D eigenvalue weighted by atomic mass is 16.2. The van der Waals surface area contributed by atoms with Crippen LogP contribution in [-0.4, -0.2) is 31.1 Å². The summed E-state index contributed by atoms with van der Waals surface area (Å²) in [5, 5.41) is 11.1. The van der Waals surface area contributed by atoms with E-state index in [9.17, 15) is 4.79 Å². The van der Waals surface area contributed by atoms with Gasteiger partial charge in [-0.15, -0.1) is 0 Å². The Bertz CT molecular complexity index is 198. The summed E-state index contributed by atoms with van der Waals surface area (Å²) in [5.41, 5.74) is 0. The lowest BCUT2D eigenvalue weighted by Crippen LogP contribution is -2.38. The average Bonchev–Trinajstić information content (AvgIpc) is 2.20. The first-order valence-electron chi connectivity index (χ1n) is 5.08. The molecule has 0 aliphatic heterocycles. The van der Waals surface area contributed by atoms with E-state index in [0.717, 1.165) is 25.8 Å². The summed E-state index contributed by atoms with van der Waals surface area (Å²) in [6.07, 6.45) is 3.70. The highest BCUT2D eigenvalue weighted by molar-refractivity contribution is 5.73. The van der Waals surface area contributed by atoms with E-state index in [0.29, 0.717) is 13.0 Å². The largest absolute Gasteiger partial charge is 0.338 e. The van der Waals surface area contributed by atoms with Crippen molar-refractivity contribution in [2.45, 2.75) is 32.6 Å². The monoisotopic (exact) mass is 197 g/mol. The zero-order chi connectivity index (χ0) is 10.8. The minimum Gasteiger partial charge on any atom is -0.338 e. The van der Waals surface area contributed by atoms with Crippen LogP contribution in [0.2, 0.25) is 0 Å². The maximum atomic E-state index is 11.3. The van der Waals surface area contributed by atoms with Crippen molar-refractivity contribution in [3.8, 4) is 6.07 Å². The fourth-order valence-electron chi connectivity index (χ4n) is 1.02. The van der Waals surface area contributed by atoms with E-state index in [1.165, 1.54) is 4.90 Å². The molecule has 14 heavy (non-hydrogen) atoms. The maximum absolute atomic E-state index is 11.3. The second kappa shape index (κ2) is 8.36. The van der Waals surface area contributed by atoms with Crippen LogP contribution in [0.1, 0.15) is 32.6 Å². The molecular weight excluding hydrogens is 178 g/mol. The van der Waals surface area contributed by atoms with Crippen molar-refractivity contribution in [2.75, 3.05) is 20.1 Å². The molecule has 0 aromatic heterocycles. The normalized spacial score (nSPS) is 9.21. The number of carbonyl (C=O) groups is 1. The lowest BCUT2D eigenvalue weighted by molar-refractivity contribution is 0.209. The molecule has 4 nitrogen and oxygen atoms in total. The molecule has 0 rings (SSSR count). The number of hydrogen-bond acceptors (Lipinski definition) is 2. The van der Waals surface area contributed by atoms with Gasteiger partial charge in [-0.2, -0.15) is 5.26 Å². The summed E-state index contributed by atoms with van der Waals surface area (Å²) in [4.78, 5) is 12.9. The number of urea groups is 1. The van der Waals surface area contributed by atoms with Gasteiger partial charge in [0.25, 0.3) is 0 Å². The molecule has 0 saturated heterocycles. The Kier molecular flexibility index (Phi) is 7.62. The van der Waals surface area contributed by atoms with E-state index in [1.807, 2.05) is 6.07 Å². The van der Waals surface area contributed by atoms with Crippen molar-refractivity contribution < 1.29 is 4.79 Å². The summed E-state index contributed by atoms with van der Waals surface area (Å²) < 4.78 is 0. The number of amides is 2. The van der Waals surface area contributed by atoms with Gasteiger partial charge in [0.15, 0.2) is 0 Å². The molecule has 0 aliphatic carbocycles. The van der Waals surface area contributed by atoms with Gasteiger partial charge in [-0.05, 0) is 6.42 Å². The van der Waals surface area contributed by atoms with E-state index >= 15 is 0 Å². The summed E-state index contributed by atoms with van der Waals surface area (Å²) in [6, 6.07) is 1.92. The Morgan fingerprint density at radius 1 is 1.50 bits per heavy atom. The van der Waals surface area contributed by atoms with Crippen LogP contribution < -0.4 is 5.32 Å². The Balaban J connectivity index is 3.48. The van der Waals surface area contributed by atoms with Gasteiger partial charge >= 0.3 is 6.03 Å². The minimum atomic E-state index is -0.0867. The molecule has 0 aromatic rings. The first-order valence-corrected chi connectivity index (χ1v) is 5.08. The van der Waals surface area contributed by atoms with Crippen molar-refractivity contribution in [1.82, 2.24) is 10.2 Å². The SMILES string of the molecule is CCCCCNC(=O)N(C)CCC#N. The summed E-state index contributed by atoms with van der Waals surface area (Å²) in [5.74, 6) is 0. The quantitative estimate of drug-likeness (QED) is 0.659. The maximum Gasteiger partial charge on any atom is 0.317 e. The number of nitrogens with zero attached hydrogens (tertiary/aromatic N) is 2. The predicted octanol–water partition coefficient (Wildman–Crippen LogP) is 1.73. The lowest BCUT2D eigenvalue weighted by Gasteiger charge is -2.16. The van der Waals surface area contributed by atoms with Crippen molar-refractivity contribution in [3.05, 3.63) is 0 Å². The second-order valence-electron chi connectivity index (χ2n) is 3.27. The Hall–Kier alpha value is -1.24. The summed E-state index contributed by atoms with van der Waals surface area (Å²) in [6.45, 7) is 3.35. The molecule has 0 bridgehead atoms. The molecular formula is C10H19N3O. The number of nitrogens with one attached hydrogen (secondary N) is 1. The van der Waals surface area contributed by atoms with Crippen molar-refractivity contribution in [1.29, 1.82) is 5.26 Å². The first-order chi connectivity index (χ1) is 6.72. The van der Waals surface area contributed by atoms with Gasteiger partial charge in [-0.1, -0.05) is 19.8 Å². The van der Waals surface area contributed by atoms with Crippen LogP contribution in [0.3, 0.4) is 0 Å². The molecule has 0 aliphatic rings. The van der Waals surface area contributed by atoms with E-state index in [1.54, 1.807) is 7.05 Å². The Morgan fingerprint density at radius 3 is 2.79 bits per heavy atom. The first kappa shape index (κ1) is 12.8. The molecule has 0 saturated carbocycles. The second-order valence-corrected chi connectivity index (χ2v) is 3.27. The molecule has 0 atom stereocenters. The highest BCUT2D eigenvalue weighted by Crippen LogP contribution is 1.92. The number of carbonyl (C=O) groups excluding carboxylic acids is 1. The van der Waals surface area contributed by atoms with Gasteiger partial charge in [0.05, 0.1) is 12.5 Å². The summed E-state index contributed by atoms with van der Waals surface area (Å²) >= 11 is 0. The zero-order valence-corrected chi connectivity index (χ0v) is 9.05. The third-order valence-electron chi connectivity index (χ3n) is 1.96. The molecule has 4 heteroatoms. The molecule has 2 amide bonds. The molecule has 1 N–H and O–H groups in total. The standard InChI is InChI=1S/C10H19N3O/c1-3-4-5-8-12-10(14)13(2)9-6-7-11/h3-6,8-9H2,1-2H3,(H,12,14). The molecule has 0 spiro atoms. The molecule has 0 heterocycles. The van der Waals surface area contributed by atoms with Crippen LogP contribution in [-0.2, 0) is 0 Å². The number of rotatable bonds is 6. The third-order valence-corrected chi connectivity index (χ3v) is 1.96. The van der Waals surface area contributed by atoms with E-state index in [-0.39, 0.29) is 6.03 Å². The van der Waals surface area contributed by atoms with Crippen molar-refractivity contribution in [2.24, 2.45) is 0 Å². The molecule has 80 valence electrons. The fourth-order valence-corrected chi connectivity index (χ4v) is 1.02. The number of nitriles is 1. The van der Waals surface area contributed by atoms with Crippen molar-refractivity contribution >= 4 is 6.03 Å². The van der Waals surface area contributed by atoms with Crippen LogP contribution >= 0.6 is 0 Å². The summed E-state index contributed by atoms with van der Waals surface area (Å²) in [7, 11) is 1.70. The number of unbranched alkanes of at least 4 members (excludes halogenated alkanes) is 2. The number of hydrogen-bond donors (Lipinski definition) is 1. The minimum absolute atomic E-state index is 0.0867. The van der Waals surface area contributed by atoms with Gasteiger partial charge < -0.3 is 10.2 Å². The van der Waals surface area contributed by atoms with Crippen LogP contribution in [0.4, 0.5) is 4.79 Å². The Labute approximate surface area is 85.9 Å². The molecule has 0 radical (unpaired) electrons. The Morgan fingerprint density at radius 2 is 2.21 bits per heavy atom. The van der Waals surface area contributed by atoms with Gasteiger partial charge in [0.2, 0.25) is 0 Å². The third kappa shape index (κ3) is 6.30. The van der Waals surface area contributed by atoms with E-state index in [2.05, 4.69) is 12.2 Å². The average molecular weight is 197 g/mol. The van der Waals surface area contributed by atoms with E-state index < -0.39 is 0 Å². The smallest absolute Gasteiger partial charge is 0.317 e. The van der Waals surface area contributed by atoms with Gasteiger partial charge in [-0.25, -0.2) is 4.79 Å². The highest BCUT2D eigenvalue weighted by Gasteiger charge is 2.05. The van der Waals surface area contributed by atoms with Crippen LogP contribution in [0.25, 0.3) is 0 Å². The van der Waals surface area contributed by atoms with Crippen LogP contribution in [0.5, 0.6) is 0 Å². The van der Waals surface area contributed by atoms with E-state index in [4.69, 9.17) is 5.26 Å². The van der Waals surface area contributed by atoms with Gasteiger partial charge in [0, 0.05) is 20.1 Å². The van der Waals surface area contributed by atoms with Gasteiger partial charge in [0.1, 0.15) is 0 Å². The van der Waals surface area contributed by atoms with Crippen LogP contribution in [0, 0.1) is 11.3 Å². The zero-order valence-electron chi connectivity index (χ0n) is 9.05. The molecule has 0 unspecified atom stereocenters.